The molecule has 7 nitrogen and oxygen atoms in total. The molecule has 1 aliphatic carbocycles. The average Bonchev–Trinajstić information content (AvgIpc) is 2.60. The van der Waals surface area contributed by atoms with Gasteiger partial charge in [0.05, 0.1) is 4.90 Å². The van der Waals surface area contributed by atoms with Crippen LogP contribution in [0.2, 0.25) is 0 Å². The fourth-order valence-electron chi connectivity index (χ4n) is 3.50. The third-order valence-corrected chi connectivity index (χ3v) is 6.26. The number of primary sulfonamides is 1. The summed E-state index contributed by atoms with van der Waals surface area (Å²) in [6.45, 7) is 3.46. The summed E-state index contributed by atoms with van der Waals surface area (Å²) < 4.78 is 22.7. The van der Waals surface area contributed by atoms with Gasteiger partial charge in [-0.15, -0.1) is 0 Å². The van der Waals surface area contributed by atoms with Crippen molar-refractivity contribution in [1.82, 2.24) is 9.97 Å². The van der Waals surface area contributed by atoms with Gasteiger partial charge < -0.3 is 9.80 Å². The molecule has 26 heavy (non-hydrogen) atoms. The Labute approximate surface area is 153 Å². The summed E-state index contributed by atoms with van der Waals surface area (Å²) in [4.78, 5) is 13.6. The number of benzene rings is 1. The van der Waals surface area contributed by atoms with Crippen LogP contribution in [0.15, 0.2) is 41.6 Å². The van der Waals surface area contributed by atoms with E-state index in [-0.39, 0.29) is 4.90 Å². The highest BCUT2D eigenvalue weighted by Gasteiger charge is 2.23. The first-order valence-corrected chi connectivity index (χ1v) is 10.5. The Balaban J connectivity index is 1.41. The van der Waals surface area contributed by atoms with Gasteiger partial charge in [-0.05, 0) is 37.1 Å². The highest BCUT2D eigenvalue weighted by atomic mass is 32.2. The van der Waals surface area contributed by atoms with Crippen molar-refractivity contribution in [1.29, 1.82) is 0 Å². The monoisotopic (exact) mass is 373 g/mol. The maximum atomic E-state index is 11.4. The summed E-state index contributed by atoms with van der Waals surface area (Å²) >= 11 is 0. The Morgan fingerprint density at radius 3 is 2.19 bits per heavy atom. The predicted octanol–water partition coefficient (Wildman–Crippen LogP) is 1.72. The van der Waals surface area contributed by atoms with Gasteiger partial charge in [-0.1, -0.05) is 6.42 Å². The molecule has 1 aromatic heterocycles. The fourth-order valence-corrected chi connectivity index (χ4v) is 4.02. The van der Waals surface area contributed by atoms with E-state index in [0.29, 0.717) is 5.92 Å². The van der Waals surface area contributed by atoms with Crippen LogP contribution in [0.25, 0.3) is 0 Å². The Morgan fingerprint density at radius 2 is 1.62 bits per heavy atom. The van der Waals surface area contributed by atoms with Crippen molar-refractivity contribution in [3.8, 4) is 0 Å². The minimum Gasteiger partial charge on any atom is -0.368 e. The number of rotatable bonds is 4. The quantitative estimate of drug-likeness (QED) is 0.877. The van der Waals surface area contributed by atoms with Crippen LogP contribution in [0.4, 0.5) is 11.5 Å². The van der Waals surface area contributed by atoms with E-state index in [2.05, 4.69) is 25.8 Å². The molecule has 0 atom stereocenters. The van der Waals surface area contributed by atoms with Crippen LogP contribution in [0.1, 0.15) is 30.9 Å². The van der Waals surface area contributed by atoms with Crippen LogP contribution in [-0.4, -0.2) is 44.6 Å². The van der Waals surface area contributed by atoms with Gasteiger partial charge in [0.1, 0.15) is 12.1 Å². The average molecular weight is 373 g/mol. The molecule has 4 rings (SSSR count). The highest BCUT2D eigenvalue weighted by Crippen LogP contribution is 2.36. The highest BCUT2D eigenvalue weighted by molar-refractivity contribution is 7.89. The second kappa shape index (κ2) is 6.85. The molecule has 1 saturated heterocycles. The van der Waals surface area contributed by atoms with E-state index in [1.165, 1.54) is 25.0 Å². The molecule has 0 spiro atoms. The molecule has 0 amide bonds. The number of piperazine rings is 1. The maximum Gasteiger partial charge on any atom is 0.238 e. The summed E-state index contributed by atoms with van der Waals surface area (Å²) in [6, 6.07) is 8.89. The topological polar surface area (TPSA) is 92.4 Å². The first-order valence-electron chi connectivity index (χ1n) is 8.95. The van der Waals surface area contributed by atoms with E-state index in [0.717, 1.165) is 37.7 Å². The summed E-state index contributed by atoms with van der Waals surface area (Å²) in [5.41, 5.74) is 2.18. The van der Waals surface area contributed by atoms with Crippen LogP contribution in [-0.2, 0) is 10.0 Å². The lowest BCUT2D eigenvalue weighted by atomic mass is 9.83. The predicted molar refractivity (Wildman–Crippen MR) is 101 cm³/mol. The van der Waals surface area contributed by atoms with Crippen LogP contribution >= 0.6 is 0 Å². The van der Waals surface area contributed by atoms with E-state index >= 15 is 0 Å². The van der Waals surface area contributed by atoms with Crippen molar-refractivity contribution in [2.75, 3.05) is 36.0 Å². The number of nitrogens with two attached hydrogens (primary N) is 1. The summed E-state index contributed by atoms with van der Waals surface area (Å²) in [5.74, 6) is 1.61. The van der Waals surface area contributed by atoms with Crippen LogP contribution in [0, 0.1) is 0 Å². The first-order chi connectivity index (χ1) is 12.5. The lowest BCUT2D eigenvalue weighted by Gasteiger charge is -2.37. The molecule has 8 heteroatoms. The molecular weight excluding hydrogens is 350 g/mol. The first kappa shape index (κ1) is 17.2. The zero-order valence-corrected chi connectivity index (χ0v) is 15.4. The molecule has 2 aromatic rings. The van der Waals surface area contributed by atoms with E-state index in [9.17, 15) is 8.42 Å². The second-order valence-electron chi connectivity index (χ2n) is 6.94. The molecule has 0 unspecified atom stereocenters. The van der Waals surface area contributed by atoms with Gasteiger partial charge in [-0.25, -0.2) is 23.5 Å². The minimum atomic E-state index is -3.64. The number of sulfonamides is 1. The van der Waals surface area contributed by atoms with Crippen LogP contribution in [0.3, 0.4) is 0 Å². The Morgan fingerprint density at radius 1 is 0.962 bits per heavy atom. The molecular formula is C18H23N5O2S. The number of anilines is 2. The van der Waals surface area contributed by atoms with E-state index in [1.54, 1.807) is 18.5 Å². The van der Waals surface area contributed by atoms with Crippen molar-refractivity contribution in [2.24, 2.45) is 5.14 Å². The third kappa shape index (κ3) is 3.52. The third-order valence-electron chi connectivity index (χ3n) is 5.33. The van der Waals surface area contributed by atoms with Gasteiger partial charge >= 0.3 is 0 Å². The molecule has 138 valence electrons. The zero-order valence-electron chi connectivity index (χ0n) is 14.6. The van der Waals surface area contributed by atoms with Crippen molar-refractivity contribution < 1.29 is 8.42 Å². The van der Waals surface area contributed by atoms with Crippen LogP contribution in [0.5, 0.6) is 0 Å². The Kier molecular flexibility index (Phi) is 4.54. The molecule has 1 aromatic carbocycles. The van der Waals surface area contributed by atoms with Gasteiger partial charge in [0.15, 0.2) is 0 Å². The Bertz CT molecular complexity index is 873. The SMILES string of the molecule is NS(=O)(=O)c1ccc(N2CCN(c3cc(C4CCC4)ncn3)CC2)cc1. The zero-order chi connectivity index (χ0) is 18.1. The molecule has 0 bridgehead atoms. The maximum absolute atomic E-state index is 11.4. The molecule has 2 N–H and O–H groups in total. The van der Waals surface area contributed by atoms with Gasteiger partial charge in [0.2, 0.25) is 10.0 Å². The van der Waals surface area contributed by atoms with Crippen molar-refractivity contribution in [2.45, 2.75) is 30.1 Å². The van der Waals surface area contributed by atoms with Crippen LogP contribution < -0.4 is 14.9 Å². The minimum absolute atomic E-state index is 0.143. The molecule has 1 aliphatic heterocycles. The smallest absolute Gasteiger partial charge is 0.238 e. The van der Waals surface area contributed by atoms with Crippen molar-refractivity contribution >= 4 is 21.5 Å². The number of hydrogen-bond acceptors (Lipinski definition) is 6. The van der Waals surface area contributed by atoms with E-state index < -0.39 is 10.0 Å². The number of nitrogens with zero attached hydrogens (tertiary/aromatic N) is 4. The van der Waals surface area contributed by atoms with Gasteiger partial charge in [-0.2, -0.15) is 0 Å². The standard InChI is InChI=1S/C18H23N5O2S/c19-26(24,25)16-6-4-15(5-7-16)22-8-10-23(11-9-22)18-12-17(20-13-21-18)14-2-1-3-14/h4-7,12-14H,1-3,8-11H2,(H2,19,24,25). The van der Waals surface area contributed by atoms with Crippen molar-refractivity contribution in [3.63, 3.8) is 0 Å². The van der Waals surface area contributed by atoms with Gasteiger partial charge in [-0.3, -0.25) is 0 Å². The summed E-state index contributed by atoms with van der Waals surface area (Å²) in [5, 5.41) is 5.16. The number of aromatic nitrogens is 2. The Hall–Kier alpha value is -2.19. The molecule has 2 aliphatic rings. The lowest BCUT2D eigenvalue weighted by molar-refractivity contribution is 0.410. The summed E-state index contributed by atoms with van der Waals surface area (Å²) in [7, 11) is -3.64. The second-order valence-corrected chi connectivity index (χ2v) is 8.50. The summed E-state index contributed by atoms with van der Waals surface area (Å²) in [6.07, 6.45) is 5.45. The fraction of sp³-hybridized carbons (Fsp3) is 0.444. The van der Waals surface area contributed by atoms with E-state index in [1.807, 2.05) is 12.1 Å². The molecule has 0 radical (unpaired) electrons. The normalized spacial score (nSPS) is 18.7. The van der Waals surface area contributed by atoms with Gasteiger partial charge in [0, 0.05) is 49.5 Å². The van der Waals surface area contributed by atoms with Gasteiger partial charge in [0.25, 0.3) is 0 Å². The molecule has 2 heterocycles. The number of hydrogen-bond donors (Lipinski definition) is 1. The lowest BCUT2D eigenvalue weighted by Crippen LogP contribution is -2.46. The molecule has 2 fully saturated rings. The van der Waals surface area contributed by atoms with E-state index in [4.69, 9.17) is 5.14 Å². The molecule has 1 saturated carbocycles. The van der Waals surface area contributed by atoms with Crippen molar-refractivity contribution in [3.05, 3.63) is 42.4 Å². The largest absolute Gasteiger partial charge is 0.368 e.